The van der Waals surface area contributed by atoms with Gasteiger partial charge in [-0.3, -0.25) is 0 Å². The highest BCUT2D eigenvalue weighted by Gasteiger charge is 2.10. The average molecular weight is 367 g/mol. The van der Waals surface area contributed by atoms with Gasteiger partial charge in [0.2, 0.25) is 0 Å². The fourth-order valence-corrected chi connectivity index (χ4v) is 2.97. The molecule has 0 atom stereocenters. The summed E-state index contributed by atoms with van der Waals surface area (Å²) in [6.45, 7) is 8.39. The van der Waals surface area contributed by atoms with Gasteiger partial charge < -0.3 is 25.1 Å². The second-order valence-corrected chi connectivity index (χ2v) is 6.18. The zero-order valence-electron chi connectivity index (χ0n) is 15.7. The van der Waals surface area contributed by atoms with Crippen LogP contribution in [0.15, 0.2) is 48.8 Å². The Kier molecular flexibility index (Phi) is 5.93. The predicted octanol–water partition coefficient (Wildman–Crippen LogP) is 3.21. The molecule has 3 rings (SSSR count). The van der Waals surface area contributed by atoms with E-state index >= 15 is 0 Å². The number of imidazole rings is 1. The highest BCUT2D eigenvalue weighted by atomic mass is 16.5. The lowest BCUT2D eigenvalue weighted by Gasteiger charge is -2.18. The van der Waals surface area contributed by atoms with Crippen LogP contribution in [0.4, 0.5) is 10.5 Å². The minimum atomic E-state index is -0.854. The Morgan fingerprint density at radius 3 is 2.63 bits per heavy atom. The number of amides is 1. The standard InChI is InChI=1S/C20H25N5O2/c1-3-24(4-2)13-11-22-16-9-7-15(8-10-16)17-14-25-12-5-6-18(19(25)23-17)27-20(21)26/h5-10,12,14,22H,3-4,11,13H2,1-2H3,(H2,21,26). The predicted molar refractivity (Wildman–Crippen MR) is 107 cm³/mol. The molecule has 2 aromatic heterocycles. The summed E-state index contributed by atoms with van der Waals surface area (Å²) >= 11 is 0. The first-order valence-electron chi connectivity index (χ1n) is 9.12. The number of nitrogens with one attached hydrogen (secondary N) is 1. The van der Waals surface area contributed by atoms with E-state index < -0.39 is 6.09 Å². The third-order valence-corrected chi connectivity index (χ3v) is 4.49. The number of rotatable bonds is 8. The third kappa shape index (κ3) is 4.57. The van der Waals surface area contributed by atoms with Crippen molar-refractivity contribution in [3.05, 3.63) is 48.8 Å². The molecule has 2 heterocycles. The highest BCUT2D eigenvalue weighted by Crippen LogP contribution is 2.25. The molecule has 0 radical (unpaired) electrons. The first-order valence-corrected chi connectivity index (χ1v) is 9.12. The van der Waals surface area contributed by atoms with Crippen molar-refractivity contribution in [2.45, 2.75) is 13.8 Å². The quantitative estimate of drug-likeness (QED) is 0.639. The molecule has 142 valence electrons. The Morgan fingerprint density at radius 2 is 1.96 bits per heavy atom. The lowest BCUT2D eigenvalue weighted by molar-refractivity contribution is 0.211. The number of hydrogen-bond donors (Lipinski definition) is 2. The normalized spacial score (nSPS) is 11.1. The Balaban J connectivity index is 1.72. The van der Waals surface area contributed by atoms with E-state index in [0.717, 1.165) is 43.1 Å². The summed E-state index contributed by atoms with van der Waals surface area (Å²) in [5.74, 6) is 0.339. The first kappa shape index (κ1) is 18.7. The maximum Gasteiger partial charge on any atom is 0.410 e. The molecule has 0 unspecified atom stereocenters. The zero-order chi connectivity index (χ0) is 19.2. The van der Waals surface area contributed by atoms with E-state index in [1.54, 1.807) is 12.1 Å². The number of nitrogens with two attached hydrogens (primary N) is 1. The van der Waals surface area contributed by atoms with E-state index in [4.69, 9.17) is 10.5 Å². The number of ether oxygens (including phenoxy) is 1. The number of hydrogen-bond acceptors (Lipinski definition) is 5. The van der Waals surface area contributed by atoms with Gasteiger partial charge >= 0.3 is 6.09 Å². The molecule has 7 heteroatoms. The molecular weight excluding hydrogens is 342 g/mol. The maximum absolute atomic E-state index is 11.0. The zero-order valence-corrected chi connectivity index (χ0v) is 15.7. The number of pyridine rings is 1. The number of primary amides is 1. The molecule has 0 aliphatic carbocycles. The van der Waals surface area contributed by atoms with Crippen LogP contribution >= 0.6 is 0 Å². The van der Waals surface area contributed by atoms with Crippen LogP contribution in [-0.2, 0) is 0 Å². The van der Waals surface area contributed by atoms with Crippen molar-refractivity contribution in [2.24, 2.45) is 5.73 Å². The summed E-state index contributed by atoms with van der Waals surface area (Å²) in [5.41, 5.74) is 8.52. The van der Waals surface area contributed by atoms with Crippen molar-refractivity contribution in [3.63, 3.8) is 0 Å². The van der Waals surface area contributed by atoms with Gasteiger partial charge in [-0.05, 0) is 37.4 Å². The van der Waals surface area contributed by atoms with Crippen LogP contribution in [0.3, 0.4) is 0 Å². The molecule has 3 N–H and O–H groups in total. The molecule has 1 amide bonds. The molecule has 0 saturated carbocycles. The number of fused-ring (bicyclic) bond motifs is 1. The van der Waals surface area contributed by atoms with Crippen molar-refractivity contribution in [1.29, 1.82) is 0 Å². The summed E-state index contributed by atoms with van der Waals surface area (Å²) in [5, 5.41) is 3.44. The van der Waals surface area contributed by atoms with Gasteiger partial charge in [0.1, 0.15) is 0 Å². The van der Waals surface area contributed by atoms with Gasteiger partial charge in [-0.2, -0.15) is 0 Å². The van der Waals surface area contributed by atoms with Crippen LogP contribution in [0.5, 0.6) is 5.75 Å². The number of anilines is 1. The van der Waals surface area contributed by atoms with E-state index in [9.17, 15) is 4.79 Å². The lowest BCUT2D eigenvalue weighted by atomic mass is 10.1. The van der Waals surface area contributed by atoms with Gasteiger partial charge in [0.15, 0.2) is 11.4 Å². The topological polar surface area (TPSA) is 84.9 Å². The molecular formula is C20H25N5O2. The van der Waals surface area contributed by atoms with Crippen molar-refractivity contribution in [1.82, 2.24) is 14.3 Å². The van der Waals surface area contributed by atoms with E-state index in [2.05, 4.69) is 29.0 Å². The Hall–Kier alpha value is -3.06. The smallest absolute Gasteiger partial charge is 0.406 e. The molecule has 0 fully saturated rings. The second kappa shape index (κ2) is 8.55. The molecule has 0 bridgehead atoms. The van der Waals surface area contributed by atoms with E-state index in [-0.39, 0.29) is 0 Å². The fourth-order valence-electron chi connectivity index (χ4n) is 2.97. The molecule has 1 aromatic carbocycles. The lowest BCUT2D eigenvalue weighted by Crippen LogP contribution is -2.28. The summed E-state index contributed by atoms with van der Waals surface area (Å²) in [6.07, 6.45) is 2.89. The summed E-state index contributed by atoms with van der Waals surface area (Å²) < 4.78 is 6.83. The number of aromatic nitrogens is 2. The first-order chi connectivity index (χ1) is 13.1. The maximum atomic E-state index is 11.0. The van der Waals surface area contributed by atoms with E-state index in [1.807, 2.05) is 41.1 Å². The monoisotopic (exact) mass is 367 g/mol. The average Bonchev–Trinajstić information content (AvgIpc) is 3.11. The second-order valence-electron chi connectivity index (χ2n) is 6.18. The van der Waals surface area contributed by atoms with Crippen LogP contribution in [-0.4, -0.2) is 46.6 Å². The van der Waals surface area contributed by atoms with Gasteiger partial charge in [-0.15, -0.1) is 0 Å². The Morgan fingerprint density at radius 1 is 1.22 bits per heavy atom. The number of carbonyl (C=O) groups is 1. The van der Waals surface area contributed by atoms with Crippen molar-refractivity contribution >= 4 is 17.4 Å². The van der Waals surface area contributed by atoms with E-state index in [1.165, 1.54) is 0 Å². The number of likely N-dealkylation sites (N-methyl/N-ethyl adjacent to an activating group) is 1. The third-order valence-electron chi connectivity index (χ3n) is 4.49. The molecule has 27 heavy (non-hydrogen) atoms. The highest BCUT2D eigenvalue weighted by molar-refractivity contribution is 5.73. The molecule has 0 aliphatic heterocycles. The van der Waals surface area contributed by atoms with Gasteiger partial charge in [-0.25, -0.2) is 9.78 Å². The van der Waals surface area contributed by atoms with Crippen LogP contribution in [0.25, 0.3) is 16.9 Å². The van der Waals surface area contributed by atoms with E-state index in [0.29, 0.717) is 11.4 Å². The molecule has 3 aromatic rings. The van der Waals surface area contributed by atoms with Crippen molar-refractivity contribution in [2.75, 3.05) is 31.5 Å². The number of benzene rings is 1. The van der Waals surface area contributed by atoms with Crippen LogP contribution in [0.1, 0.15) is 13.8 Å². The summed E-state index contributed by atoms with van der Waals surface area (Å²) in [7, 11) is 0. The van der Waals surface area contributed by atoms with Crippen LogP contribution < -0.4 is 15.8 Å². The molecule has 0 spiro atoms. The minimum Gasteiger partial charge on any atom is -0.406 e. The van der Waals surface area contributed by atoms with Crippen molar-refractivity contribution < 1.29 is 9.53 Å². The molecule has 0 aliphatic rings. The molecule has 0 saturated heterocycles. The van der Waals surface area contributed by atoms with Gasteiger partial charge in [-0.1, -0.05) is 26.0 Å². The Labute approximate surface area is 158 Å². The Bertz CT molecular complexity index is 900. The van der Waals surface area contributed by atoms with Gasteiger partial charge in [0.25, 0.3) is 0 Å². The number of nitrogens with zero attached hydrogens (tertiary/aromatic N) is 3. The van der Waals surface area contributed by atoms with Gasteiger partial charge in [0.05, 0.1) is 5.69 Å². The van der Waals surface area contributed by atoms with Crippen LogP contribution in [0, 0.1) is 0 Å². The number of carbonyl (C=O) groups excluding carboxylic acids is 1. The van der Waals surface area contributed by atoms with Crippen LogP contribution in [0.2, 0.25) is 0 Å². The van der Waals surface area contributed by atoms with Crippen molar-refractivity contribution in [3.8, 4) is 17.0 Å². The minimum absolute atomic E-state index is 0.339. The summed E-state index contributed by atoms with van der Waals surface area (Å²) in [6, 6.07) is 11.6. The molecule has 7 nitrogen and oxygen atoms in total. The van der Waals surface area contributed by atoms with Gasteiger partial charge in [0, 0.05) is 36.7 Å². The SMILES string of the molecule is CCN(CC)CCNc1ccc(-c2cn3cccc(OC(N)=O)c3n2)cc1. The fraction of sp³-hybridized carbons (Fsp3) is 0.300. The largest absolute Gasteiger partial charge is 0.410 e. The summed E-state index contributed by atoms with van der Waals surface area (Å²) in [4.78, 5) is 18.0.